The molecule has 0 saturated carbocycles. The van der Waals surface area contributed by atoms with Crippen LogP contribution in [0.15, 0.2) is 36.5 Å². The molecule has 2 aliphatic heterocycles. The van der Waals surface area contributed by atoms with Crippen LogP contribution < -0.4 is 15.2 Å². The maximum Gasteiger partial charge on any atom is 0.315 e. The fraction of sp³-hybridized carbons (Fsp3) is 0.368. The molecule has 2 aliphatic rings. The molecule has 4 rings (SSSR count). The van der Waals surface area contributed by atoms with Crippen LogP contribution in [0.2, 0.25) is 0 Å². The first-order valence-electron chi connectivity index (χ1n) is 8.49. The summed E-state index contributed by atoms with van der Waals surface area (Å²) < 4.78 is 11.1. The summed E-state index contributed by atoms with van der Waals surface area (Å²) in [5, 5.41) is 10.00. The molecule has 0 radical (unpaired) electrons. The number of carboxylic acids is 1. The molecule has 136 valence electrons. The summed E-state index contributed by atoms with van der Waals surface area (Å²) in [5.41, 5.74) is 6.82. The number of carbonyl (C=O) groups is 1. The summed E-state index contributed by atoms with van der Waals surface area (Å²) in [6.45, 7) is 1.75. The summed E-state index contributed by atoms with van der Waals surface area (Å²) in [4.78, 5) is 18.4. The highest BCUT2D eigenvalue weighted by Crippen LogP contribution is 2.50. The van der Waals surface area contributed by atoms with Gasteiger partial charge in [-0.05, 0) is 12.1 Å². The van der Waals surface area contributed by atoms with E-state index in [1.54, 1.807) is 13.3 Å². The third-order valence-corrected chi connectivity index (χ3v) is 5.44. The molecule has 3 N–H and O–H groups in total. The van der Waals surface area contributed by atoms with E-state index in [9.17, 15) is 9.90 Å². The number of methoxy groups -OCH3 is 1. The van der Waals surface area contributed by atoms with E-state index in [0.717, 1.165) is 11.1 Å². The third kappa shape index (κ3) is 2.55. The van der Waals surface area contributed by atoms with Gasteiger partial charge in [-0.1, -0.05) is 12.1 Å². The summed E-state index contributed by atoms with van der Waals surface area (Å²) in [6, 6.07) is 9.35. The quantitative estimate of drug-likeness (QED) is 0.862. The van der Waals surface area contributed by atoms with E-state index in [1.807, 2.05) is 30.3 Å². The molecule has 1 aromatic heterocycles. The predicted molar refractivity (Wildman–Crippen MR) is 95.2 cm³/mol. The Hall–Kier alpha value is -2.80. The number of hydrogen-bond acceptors (Lipinski definition) is 6. The van der Waals surface area contributed by atoms with Crippen LogP contribution in [0.4, 0.5) is 5.82 Å². The second kappa shape index (κ2) is 6.17. The summed E-state index contributed by atoms with van der Waals surface area (Å²) in [6.07, 6.45) is 1.65. The summed E-state index contributed by atoms with van der Waals surface area (Å²) in [7, 11) is 1.60. The summed E-state index contributed by atoms with van der Waals surface area (Å²) in [5.74, 6) is 0.907. The van der Waals surface area contributed by atoms with Gasteiger partial charge in [0.05, 0.1) is 7.11 Å². The van der Waals surface area contributed by atoms with Crippen molar-refractivity contribution in [2.75, 3.05) is 32.5 Å². The van der Waals surface area contributed by atoms with E-state index in [4.69, 9.17) is 15.2 Å². The molecule has 0 unspecified atom stereocenters. The van der Waals surface area contributed by atoms with Gasteiger partial charge in [0.2, 0.25) is 0 Å². The number of benzene rings is 1. The Balaban J connectivity index is 1.67. The lowest BCUT2D eigenvalue weighted by Crippen LogP contribution is -2.45. The zero-order valence-electron chi connectivity index (χ0n) is 14.5. The van der Waals surface area contributed by atoms with Crippen LogP contribution in [0, 0.1) is 5.41 Å². The maximum absolute atomic E-state index is 12.2. The number of nitrogen functional groups attached to an aromatic ring is 1. The summed E-state index contributed by atoms with van der Waals surface area (Å²) >= 11 is 0. The Morgan fingerprint density at radius 3 is 3.08 bits per heavy atom. The van der Waals surface area contributed by atoms with Crippen molar-refractivity contribution < 1.29 is 19.4 Å². The monoisotopic (exact) mass is 355 g/mol. The molecule has 0 aliphatic carbocycles. The van der Waals surface area contributed by atoms with Crippen LogP contribution in [0.5, 0.6) is 11.5 Å². The highest BCUT2D eigenvalue weighted by atomic mass is 16.5. The lowest BCUT2D eigenvalue weighted by atomic mass is 9.73. The molecule has 0 amide bonds. The Labute approximate surface area is 151 Å². The minimum Gasteiger partial charge on any atom is -0.497 e. The second-order valence-corrected chi connectivity index (χ2v) is 6.92. The number of nitrogens with two attached hydrogens (primary N) is 1. The van der Waals surface area contributed by atoms with Crippen LogP contribution in [0.25, 0.3) is 0 Å². The molecule has 0 bridgehead atoms. The molecular weight excluding hydrogens is 334 g/mol. The molecule has 3 heterocycles. The van der Waals surface area contributed by atoms with Gasteiger partial charge < -0.3 is 20.3 Å². The maximum atomic E-state index is 12.2. The standard InChI is InChI=1S/C19H21N3O4/c1-25-13-4-5-14-15-9-22(8-12-3-2-6-21-17(12)20)10-19(15,18(23)24)11-26-16(14)7-13/h2-7,15H,8-11H2,1H3,(H2,20,21)(H,23,24)/t15-,19-/m1/s1. The number of rotatable bonds is 4. The molecule has 7 nitrogen and oxygen atoms in total. The lowest BCUT2D eigenvalue weighted by molar-refractivity contribution is -0.151. The Kier molecular flexibility index (Phi) is 3.96. The van der Waals surface area contributed by atoms with E-state index in [2.05, 4.69) is 9.88 Å². The van der Waals surface area contributed by atoms with Gasteiger partial charge in [0, 0.05) is 48.9 Å². The van der Waals surface area contributed by atoms with Crippen molar-refractivity contribution in [1.29, 1.82) is 0 Å². The van der Waals surface area contributed by atoms with E-state index in [-0.39, 0.29) is 12.5 Å². The molecular formula is C19H21N3O4. The zero-order chi connectivity index (χ0) is 18.3. The zero-order valence-corrected chi connectivity index (χ0v) is 14.5. The van der Waals surface area contributed by atoms with Gasteiger partial charge in [-0.15, -0.1) is 0 Å². The van der Waals surface area contributed by atoms with Crippen LogP contribution in [0.3, 0.4) is 0 Å². The second-order valence-electron chi connectivity index (χ2n) is 6.92. The Morgan fingerprint density at radius 1 is 1.50 bits per heavy atom. The van der Waals surface area contributed by atoms with Gasteiger partial charge in [-0.2, -0.15) is 0 Å². The Morgan fingerprint density at radius 2 is 2.35 bits per heavy atom. The SMILES string of the molecule is COc1ccc2c(c1)OC[C@]1(C(=O)O)CN(Cc3cccnc3N)C[C@H]21. The minimum atomic E-state index is -0.960. The first kappa shape index (κ1) is 16.7. The van der Waals surface area contributed by atoms with Crippen LogP contribution >= 0.6 is 0 Å². The van der Waals surface area contributed by atoms with E-state index in [0.29, 0.717) is 37.0 Å². The highest BCUT2D eigenvalue weighted by Gasteiger charge is 2.56. The number of aliphatic carboxylic acids is 1. The van der Waals surface area contributed by atoms with Crippen molar-refractivity contribution in [3.63, 3.8) is 0 Å². The molecule has 2 atom stereocenters. The average Bonchev–Trinajstić information content (AvgIpc) is 3.03. The van der Waals surface area contributed by atoms with Crippen LogP contribution in [-0.4, -0.2) is 47.8 Å². The molecule has 0 spiro atoms. The number of likely N-dealkylation sites (tertiary alicyclic amines) is 1. The number of hydrogen-bond donors (Lipinski definition) is 2. The first-order valence-corrected chi connectivity index (χ1v) is 8.49. The van der Waals surface area contributed by atoms with Gasteiger partial charge in [0.15, 0.2) is 0 Å². The average molecular weight is 355 g/mol. The number of fused-ring (bicyclic) bond motifs is 3. The Bertz CT molecular complexity index is 856. The predicted octanol–water partition coefficient (Wildman–Crippen LogP) is 1.74. The van der Waals surface area contributed by atoms with Crippen molar-refractivity contribution in [3.8, 4) is 11.5 Å². The van der Waals surface area contributed by atoms with Gasteiger partial charge in [0.25, 0.3) is 0 Å². The number of aromatic nitrogens is 1. The van der Waals surface area contributed by atoms with Gasteiger partial charge in [-0.3, -0.25) is 9.69 Å². The fourth-order valence-electron chi connectivity index (χ4n) is 4.03. The van der Waals surface area contributed by atoms with E-state index < -0.39 is 11.4 Å². The normalized spacial score (nSPS) is 24.4. The highest BCUT2D eigenvalue weighted by molar-refractivity contribution is 5.78. The topological polar surface area (TPSA) is 97.9 Å². The molecule has 1 fully saturated rings. The van der Waals surface area contributed by atoms with Crippen LogP contribution in [0.1, 0.15) is 17.0 Å². The van der Waals surface area contributed by atoms with Crippen LogP contribution in [-0.2, 0) is 11.3 Å². The number of ether oxygens (including phenoxy) is 2. The number of pyridine rings is 1. The third-order valence-electron chi connectivity index (χ3n) is 5.44. The van der Waals surface area contributed by atoms with Gasteiger partial charge >= 0.3 is 5.97 Å². The van der Waals surface area contributed by atoms with E-state index >= 15 is 0 Å². The van der Waals surface area contributed by atoms with Gasteiger partial charge in [-0.25, -0.2) is 4.98 Å². The number of carboxylic acid groups (broad SMARTS) is 1. The lowest BCUT2D eigenvalue weighted by Gasteiger charge is -2.36. The largest absolute Gasteiger partial charge is 0.497 e. The van der Waals surface area contributed by atoms with E-state index in [1.165, 1.54) is 0 Å². The molecule has 26 heavy (non-hydrogen) atoms. The molecule has 1 aromatic carbocycles. The van der Waals surface area contributed by atoms with Crippen molar-refractivity contribution >= 4 is 11.8 Å². The first-order chi connectivity index (χ1) is 12.5. The van der Waals surface area contributed by atoms with Crippen molar-refractivity contribution in [3.05, 3.63) is 47.7 Å². The van der Waals surface area contributed by atoms with Crippen molar-refractivity contribution in [2.45, 2.75) is 12.5 Å². The minimum absolute atomic E-state index is 0.145. The number of anilines is 1. The van der Waals surface area contributed by atoms with Crippen molar-refractivity contribution in [1.82, 2.24) is 9.88 Å². The fourth-order valence-corrected chi connectivity index (χ4v) is 4.03. The molecule has 1 saturated heterocycles. The molecule has 2 aromatic rings. The number of nitrogens with zero attached hydrogens (tertiary/aromatic N) is 2. The molecule has 7 heteroatoms. The van der Waals surface area contributed by atoms with Crippen molar-refractivity contribution in [2.24, 2.45) is 5.41 Å². The van der Waals surface area contributed by atoms with Gasteiger partial charge in [0.1, 0.15) is 29.3 Å². The smallest absolute Gasteiger partial charge is 0.315 e.